The summed E-state index contributed by atoms with van der Waals surface area (Å²) in [6, 6.07) is 6.73. The zero-order valence-electron chi connectivity index (χ0n) is 11.9. The highest BCUT2D eigenvalue weighted by Gasteiger charge is 2.27. The minimum Gasteiger partial charge on any atom is -0.508 e. The molecule has 20 heavy (non-hydrogen) atoms. The van der Waals surface area contributed by atoms with E-state index >= 15 is 0 Å². The van der Waals surface area contributed by atoms with E-state index in [4.69, 9.17) is 9.57 Å². The Labute approximate surface area is 118 Å². The quantitative estimate of drug-likeness (QED) is 0.862. The van der Waals surface area contributed by atoms with Gasteiger partial charge in [0.15, 0.2) is 0 Å². The van der Waals surface area contributed by atoms with Gasteiger partial charge in [0.2, 0.25) is 0 Å². The molecule has 0 saturated carbocycles. The van der Waals surface area contributed by atoms with Gasteiger partial charge in [-0.2, -0.15) is 0 Å². The maximum Gasteiger partial charge on any atom is 0.310 e. The number of phenols is 1. The Morgan fingerprint density at radius 3 is 2.65 bits per heavy atom. The summed E-state index contributed by atoms with van der Waals surface area (Å²) in [5.41, 5.74) is 1.17. The number of ether oxygens (including phenoxy) is 1. The second-order valence-corrected chi connectivity index (χ2v) is 5.81. The van der Waals surface area contributed by atoms with Gasteiger partial charge in [0, 0.05) is 6.42 Å². The van der Waals surface area contributed by atoms with Gasteiger partial charge in [-0.3, -0.25) is 4.79 Å². The normalized spacial score (nSPS) is 18.4. The van der Waals surface area contributed by atoms with E-state index in [0.29, 0.717) is 6.42 Å². The van der Waals surface area contributed by atoms with Crippen LogP contribution in [-0.4, -0.2) is 28.5 Å². The Morgan fingerprint density at radius 2 is 2.05 bits per heavy atom. The van der Waals surface area contributed by atoms with Crippen molar-refractivity contribution in [2.75, 3.05) is 0 Å². The van der Waals surface area contributed by atoms with Crippen LogP contribution in [0.2, 0.25) is 0 Å². The fourth-order valence-corrected chi connectivity index (χ4v) is 1.93. The highest BCUT2D eigenvalue weighted by Crippen LogP contribution is 2.21. The molecule has 0 radical (unpaired) electrons. The molecule has 0 bridgehead atoms. The van der Waals surface area contributed by atoms with Gasteiger partial charge in [-0.15, -0.1) is 0 Å². The van der Waals surface area contributed by atoms with E-state index in [9.17, 15) is 9.90 Å². The van der Waals surface area contributed by atoms with Gasteiger partial charge in [0.25, 0.3) is 0 Å². The third-order valence-electron chi connectivity index (χ3n) is 2.75. The summed E-state index contributed by atoms with van der Waals surface area (Å²) in [6.45, 7) is 5.50. The molecule has 1 aliphatic heterocycles. The number of hydrogen-bond donors (Lipinski definition) is 1. The molecule has 0 spiro atoms. The highest BCUT2D eigenvalue weighted by atomic mass is 16.6. The van der Waals surface area contributed by atoms with Crippen LogP contribution in [0.25, 0.3) is 0 Å². The van der Waals surface area contributed by atoms with Gasteiger partial charge in [-0.1, -0.05) is 5.16 Å². The van der Waals surface area contributed by atoms with Gasteiger partial charge in [0.05, 0.1) is 12.1 Å². The van der Waals surface area contributed by atoms with Crippen LogP contribution in [0, 0.1) is 0 Å². The molecule has 1 heterocycles. The monoisotopic (exact) mass is 277 g/mol. The zero-order valence-corrected chi connectivity index (χ0v) is 11.9. The molecule has 5 heteroatoms. The van der Waals surface area contributed by atoms with Crippen LogP contribution in [0.4, 0.5) is 0 Å². The zero-order chi connectivity index (χ0) is 14.8. The minimum atomic E-state index is -0.490. The number of aromatic hydroxyl groups is 1. The SMILES string of the molecule is CC(C)(C)OC(=O)CC1CC(c2ccc(O)cc2)=NO1. The van der Waals surface area contributed by atoms with Gasteiger partial charge in [-0.25, -0.2) is 0 Å². The van der Waals surface area contributed by atoms with Crippen molar-refractivity contribution < 1.29 is 19.5 Å². The first-order valence-electron chi connectivity index (χ1n) is 6.57. The smallest absolute Gasteiger partial charge is 0.310 e. The Bertz CT molecular complexity index is 514. The van der Waals surface area contributed by atoms with Crippen LogP contribution in [-0.2, 0) is 14.4 Å². The molecule has 0 aromatic heterocycles. The lowest BCUT2D eigenvalue weighted by molar-refractivity contribution is -0.157. The predicted octanol–water partition coefficient (Wildman–Crippen LogP) is 2.62. The Hall–Kier alpha value is -2.04. The third-order valence-corrected chi connectivity index (χ3v) is 2.75. The van der Waals surface area contributed by atoms with Crippen molar-refractivity contribution in [3.05, 3.63) is 29.8 Å². The molecule has 0 amide bonds. The Kier molecular flexibility index (Phi) is 3.97. The molecule has 1 aromatic carbocycles. The van der Waals surface area contributed by atoms with E-state index in [1.54, 1.807) is 24.3 Å². The molecular formula is C15H19NO4. The molecule has 1 aliphatic rings. The molecule has 1 atom stereocenters. The first kappa shape index (κ1) is 14.4. The van der Waals surface area contributed by atoms with Gasteiger partial charge in [-0.05, 0) is 50.6 Å². The summed E-state index contributed by atoms with van der Waals surface area (Å²) in [7, 11) is 0. The lowest BCUT2D eigenvalue weighted by Gasteiger charge is -2.20. The van der Waals surface area contributed by atoms with Gasteiger partial charge in [0.1, 0.15) is 17.5 Å². The fourth-order valence-electron chi connectivity index (χ4n) is 1.93. The number of oxime groups is 1. The third kappa shape index (κ3) is 3.98. The number of hydrogen-bond acceptors (Lipinski definition) is 5. The summed E-state index contributed by atoms with van der Waals surface area (Å²) in [6.07, 6.45) is 0.459. The molecular weight excluding hydrogens is 258 g/mol. The first-order chi connectivity index (χ1) is 9.33. The van der Waals surface area contributed by atoms with Crippen molar-refractivity contribution >= 4 is 11.7 Å². The first-order valence-corrected chi connectivity index (χ1v) is 6.57. The summed E-state index contributed by atoms with van der Waals surface area (Å²) < 4.78 is 5.25. The molecule has 0 saturated heterocycles. The van der Waals surface area contributed by atoms with E-state index in [1.807, 2.05) is 20.8 Å². The molecule has 2 rings (SSSR count). The number of nitrogens with zero attached hydrogens (tertiary/aromatic N) is 1. The van der Waals surface area contributed by atoms with E-state index in [0.717, 1.165) is 11.3 Å². The van der Waals surface area contributed by atoms with Crippen LogP contribution in [0.15, 0.2) is 29.4 Å². The number of esters is 1. The van der Waals surface area contributed by atoms with Gasteiger partial charge >= 0.3 is 5.97 Å². The second-order valence-electron chi connectivity index (χ2n) is 5.81. The van der Waals surface area contributed by atoms with E-state index in [-0.39, 0.29) is 24.2 Å². The van der Waals surface area contributed by atoms with Crippen LogP contribution >= 0.6 is 0 Å². The number of benzene rings is 1. The maximum absolute atomic E-state index is 11.7. The van der Waals surface area contributed by atoms with E-state index < -0.39 is 5.60 Å². The summed E-state index contributed by atoms with van der Waals surface area (Å²) in [5.74, 6) is -0.0803. The molecule has 1 unspecified atom stereocenters. The van der Waals surface area contributed by atoms with E-state index in [1.165, 1.54) is 0 Å². The van der Waals surface area contributed by atoms with E-state index in [2.05, 4.69) is 5.16 Å². The van der Waals surface area contributed by atoms with Crippen LogP contribution in [0.1, 0.15) is 39.2 Å². The summed E-state index contributed by atoms with van der Waals surface area (Å²) in [4.78, 5) is 17.0. The van der Waals surface area contributed by atoms with Crippen LogP contribution < -0.4 is 0 Å². The lowest BCUT2D eigenvalue weighted by atomic mass is 10.0. The topological polar surface area (TPSA) is 68.1 Å². The molecule has 0 aliphatic carbocycles. The van der Waals surface area contributed by atoms with Gasteiger partial charge < -0.3 is 14.7 Å². The van der Waals surface area contributed by atoms with Crippen molar-refractivity contribution in [1.29, 1.82) is 0 Å². The largest absolute Gasteiger partial charge is 0.508 e. The van der Waals surface area contributed by atoms with Crippen LogP contribution in [0.3, 0.4) is 0 Å². The summed E-state index contributed by atoms with van der Waals surface area (Å²) >= 11 is 0. The standard InChI is InChI=1S/C15H19NO4/c1-15(2,3)19-14(18)9-12-8-13(16-20-12)10-4-6-11(17)7-5-10/h4-7,12,17H,8-9H2,1-3H3. The number of rotatable bonds is 3. The average Bonchev–Trinajstić information content (AvgIpc) is 2.75. The molecule has 1 aromatic rings. The number of phenolic OH excluding ortho intramolecular Hbond substituents is 1. The van der Waals surface area contributed by atoms with Crippen molar-refractivity contribution in [2.45, 2.75) is 45.3 Å². The molecule has 108 valence electrons. The predicted molar refractivity (Wildman–Crippen MR) is 74.6 cm³/mol. The number of carbonyl (C=O) groups excluding carboxylic acids is 1. The average molecular weight is 277 g/mol. The lowest BCUT2D eigenvalue weighted by Crippen LogP contribution is -2.26. The van der Waals surface area contributed by atoms with Crippen LogP contribution in [0.5, 0.6) is 5.75 Å². The molecule has 1 N–H and O–H groups in total. The fraction of sp³-hybridized carbons (Fsp3) is 0.467. The summed E-state index contributed by atoms with van der Waals surface area (Å²) in [5, 5.41) is 13.2. The Balaban J connectivity index is 1.88. The number of carbonyl (C=O) groups is 1. The minimum absolute atomic E-state index is 0.183. The van der Waals surface area contributed by atoms with Crippen molar-refractivity contribution in [1.82, 2.24) is 0 Å². The molecule has 0 fully saturated rings. The highest BCUT2D eigenvalue weighted by molar-refractivity contribution is 6.01. The maximum atomic E-state index is 11.7. The van der Waals surface area contributed by atoms with Crippen molar-refractivity contribution in [3.63, 3.8) is 0 Å². The Morgan fingerprint density at radius 1 is 1.40 bits per heavy atom. The second kappa shape index (κ2) is 5.53. The van der Waals surface area contributed by atoms with Crippen molar-refractivity contribution in [2.24, 2.45) is 5.16 Å². The molecule has 5 nitrogen and oxygen atoms in total. The van der Waals surface area contributed by atoms with Crippen molar-refractivity contribution in [3.8, 4) is 5.75 Å².